The lowest BCUT2D eigenvalue weighted by atomic mass is 9.91. The number of thioether (sulfide) groups is 1. The van der Waals surface area contributed by atoms with Crippen molar-refractivity contribution < 1.29 is 13.5 Å². The zero-order valence-corrected chi connectivity index (χ0v) is 17.8. The number of benzene rings is 2. The van der Waals surface area contributed by atoms with E-state index in [2.05, 4.69) is 30.9 Å². The minimum atomic E-state index is -1.10. The lowest BCUT2D eigenvalue weighted by Crippen LogP contribution is -2.23. The summed E-state index contributed by atoms with van der Waals surface area (Å²) >= 11 is 7.68. The zero-order valence-electron chi connectivity index (χ0n) is 16.2. The summed E-state index contributed by atoms with van der Waals surface area (Å²) in [5.74, 6) is -1.83. The maximum absolute atomic E-state index is 14.8. The van der Waals surface area contributed by atoms with Crippen LogP contribution in [0.4, 0.5) is 8.78 Å². The van der Waals surface area contributed by atoms with Gasteiger partial charge in [-0.25, -0.2) is 18.4 Å². The van der Waals surface area contributed by atoms with Crippen molar-refractivity contribution in [2.45, 2.75) is 48.9 Å². The van der Waals surface area contributed by atoms with Crippen LogP contribution in [-0.2, 0) is 16.9 Å². The van der Waals surface area contributed by atoms with Crippen LogP contribution in [0.25, 0.3) is 0 Å². The van der Waals surface area contributed by atoms with Crippen molar-refractivity contribution in [3.63, 3.8) is 0 Å². The second kappa shape index (κ2) is 7.38. The highest BCUT2D eigenvalue weighted by Gasteiger charge is 2.60. The van der Waals surface area contributed by atoms with Crippen LogP contribution in [0.3, 0.4) is 0 Å². The van der Waals surface area contributed by atoms with Crippen LogP contribution in [-0.4, -0.2) is 19.5 Å². The summed E-state index contributed by atoms with van der Waals surface area (Å²) in [5.41, 5.74) is -0.145. The first-order valence-corrected chi connectivity index (χ1v) is 10.3. The average molecular weight is 436 g/mol. The fraction of sp³-hybridized carbons (Fsp3) is 0.333. The molecule has 1 saturated heterocycles. The van der Waals surface area contributed by atoms with E-state index >= 15 is 0 Å². The van der Waals surface area contributed by atoms with E-state index in [4.69, 9.17) is 16.3 Å². The molecule has 1 fully saturated rings. The number of rotatable bonds is 5. The van der Waals surface area contributed by atoms with Crippen molar-refractivity contribution in [3.05, 3.63) is 76.6 Å². The summed E-state index contributed by atoms with van der Waals surface area (Å²) in [6.07, 6.45) is 0.981. The van der Waals surface area contributed by atoms with Gasteiger partial charge in [0, 0.05) is 15.3 Å². The average Bonchev–Trinajstić information content (AvgIpc) is 3.22. The first kappa shape index (κ1) is 20.3. The molecule has 4 rings (SSSR count). The molecule has 0 saturated carbocycles. The van der Waals surface area contributed by atoms with Gasteiger partial charge in [0.1, 0.15) is 18.0 Å². The van der Waals surface area contributed by atoms with Gasteiger partial charge in [-0.3, -0.25) is 0 Å². The van der Waals surface area contributed by atoms with Gasteiger partial charge in [0.05, 0.1) is 6.54 Å². The second-order valence-corrected chi connectivity index (χ2v) is 10.2. The molecule has 152 valence electrons. The van der Waals surface area contributed by atoms with Gasteiger partial charge in [-0.05, 0) is 23.8 Å². The first-order valence-electron chi connectivity index (χ1n) is 9.14. The molecule has 0 radical (unpaired) electrons. The Morgan fingerprint density at radius 2 is 1.97 bits per heavy atom. The van der Waals surface area contributed by atoms with E-state index in [-0.39, 0.29) is 16.9 Å². The number of halogens is 3. The van der Waals surface area contributed by atoms with Crippen LogP contribution in [0, 0.1) is 11.6 Å². The minimum absolute atomic E-state index is 0.0845. The largest absolute Gasteiger partial charge is 0.354 e. The topological polar surface area (TPSA) is 43.2 Å². The summed E-state index contributed by atoms with van der Waals surface area (Å²) in [5, 5.41) is 5.55. The zero-order chi connectivity index (χ0) is 20.8. The van der Waals surface area contributed by atoms with Gasteiger partial charge in [-0.2, -0.15) is 5.10 Å². The summed E-state index contributed by atoms with van der Waals surface area (Å²) in [7, 11) is 0. The molecular formula is C21H20ClF2N3OS. The van der Waals surface area contributed by atoms with E-state index in [0.717, 1.165) is 11.6 Å². The monoisotopic (exact) mass is 435 g/mol. The van der Waals surface area contributed by atoms with Gasteiger partial charge in [0.25, 0.3) is 0 Å². The van der Waals surface area contributed by atoms with E-state index in [9.17, 15) is 8.78 Å². The molecule has 0 bridgehead atoms. The van der Waals surface area contributed by atoms with Crippen LogP contribution in [0.1, 0.15) is 38.0 Å². The van der Waals surface area contributed by atoms with E-state index in [1.54, 1.807) is 34.6 Å². The quantitative estimate of drug-likeness (QED) is 0.377. The maximum Gasteiger partial charge on any atom is 0.186 e. The molecule has 0 amide bonds. The number of hydrogen-bond acceptors (Lipinski definition) is 4. The van der Waals surface area contributed by atoms with Crippen LogP contribution >= 0.6 is 23.4 Å². The molecule has 29 heavy (non-hydrogen) atoms. The third-order valence-corrected chi connectivity index (χ3v) is 5.96. The van der Waals surface area contributed by atoms with Crippen LogP contribution < -0.4 is 0 Å². The molecule has 2 aromatic carbocycles. The smallest absolute Gasteiger partial charge is 0.186 e. The van der Waals surface area contributed by atoms with Crippen molar-refractivity contribution in [2.24, 2.45) is 0 Å². The summed E-state index contributed by atoms with van der Waals surface area (Å²) < 4.78 is 36.5. The first-order chi connectivity index (χ1) is 13.7. The van der Waals surface area contributed by atoms with Crippen molar-refractivity contribution in [1.82, 2.24) is 14.8 Å². The highest BCUT2D eigenvalue weighted by Crippen LogP contribution is 2.59. The third kappa shape index (κ3) is 4.04. The molecule has 2 unspecified atom stereocenters. The number of aromatic nitrogens is 3. The molecule has 1 aliphatic heterocycles. The molecule has 4 nitrogen and oxygen atoms in total. The number of epoxide rings is 1. The Balaban J connectivity index is 1.76. The second-order valence-electron chi connectivity index (χ2n) is 7.96. The molecule has 0 spiro atoms. The van der Waals surface area contributed by atoms with Crippen molar-refractivity contribution >= 4 is 23.4 Å². The van der Waals surface area contributed by atoms with Gasteiger partial charge in [-0.1, -0.05) is 68.4 Å². The van der Waals surface area contributed by atoms with Crippen molar-refractivity contribution in [1.29, 1.82) is 0 Å². The lowest BCUT2D eigenvalue weighted by Gasteiger charge is -2.20. The molecule has 0 N–H and O–H groups in total. The van der Waals surface area contributed by atoms with Gasteiger partial charge in [-0.15, -0.1) is 0 Å². The fourth-order valence-electron chi connectivity index (χ4n) is 3.36. The van der Waals surface area contributed by atoms with Crippen molar-refractivity contribution in [3.8, 4) is 0 Å². The molecule has 2 atom stereocenters. The Hall–Kier alpha value is -1.96. The van der Waals surface area contributed by atoms with Gasteiger partial charge in [0.15, 0.2) is 16.8 Å². The normalized spacial score (nSPS) is 21.4. The van der Waals surface area contributed by atoms with Crippen LogP contribution in [0.5, 0.6) is 0 Å². The molecular weight excluding hydrogens is 416 g/mol. The van der Waals surface area contributed by atoms with Gasteiger partial charge in [0.2, 0.25) is 0 Å². The predicted octanol–water partition coefficient (Wildman–Crippen LogP) is 5.77. The molecule has 3 aromatic rings. The Morgan fingerprint density at radius 3 is 2.69 bits per heavy atom. The molecule has 1 aromatic heterocycles. The van der Waals surface area contributed by atoms with Gasteiger partial charge >= 0.3 is 0 Å². The SMILES string of the molecule is CC(C)(C)Sc1ncnn1CC1(c2cccc(F)c2F)OC1c1cccc(Cl)c1. The van der Waals surface area contributed by atoms with E-state index in [1.807, 2.05) is 12.1 Å². The standard InChI is InChI=1S/C21H20ClF2N3OS/c1-20(2,3)29-19-25-12-26-27(19)11-21(15-8-5-9-16(23)17(15)24)18(28-21)13-6-4-7-14(22)10-13/h4-10,12,18H,11H2,1-3H3. The summed E-state index contributed by atoms with van der Waals surface area (Å²) in [4.78, 5) is 4.33. The number of hydrogen-bond donors (Lipinski definition) is 0. The fourth-order valence-corrected chi connectivity index (χ4v) is 4.42. The highest BCUT2D eigenvalue weighted by atomic mass is 35.5. The van der Waals surface area contributed by atoms with Crippen molar-refractivity contribution in [2.75, 3.05) is 0 Å². The third-order valence-electron chi connectivity index (χ3n) is 4.62. The van der Waals surface area contributed by atoms with E-state index in [0.29, 0.717) is 10.2 Å². The summed E-state index contributed by atoms with van der Waals surface area (Å²) in [6.45, 7) is 6.41. The predicted molar refractivity (Wildman–Crippen MR) is 109 cm³/mol. The van der Waals surface area contributed by atoms with Crippen LogP contribution in [0.2, 0.25) is 5.02 Å². The minimum Gasteiger partial charge on any atom is -0.354 e. The van der Waals surface area contributed by atoms with E-state index < -0.39 is 23.3 Å². The van der Waals surface area contributed by atoms with Crippen LogP contribution in [0.15, 0.2) is 53.9 Å². The van der Waals surface area contributed by atoms with E-state index in [1.165, 1.54) is 12.4 Å². The Bertz CT molecular complexity index is 1050. The Morgan fingerprint density at radius 1 is 1.21 bits per heavy atom. The Labute approximate surface area is 177 Å². The molecule has 2 heterocycles. The molecule has 8 heteroatoms. The highest BCUT2D eigenvalue weighted by molar-refractivity contribution is 8.00. The summed E-state index contributed by atoms with van der Waals surface area (Å²) in [6, 6.07) is 11.3. The number of ether oxygens (including phenoxy) is 1. The number of nitrogens with zero attached hydrogens (tertiary/aromatic N) is 3. The molecule has 0 aliphatic carbocycles. The maximum atomic E-state index is 14.8. The van der Waals surface area contributed by atoms with Gasteiger partial charge < -0.3 is 4.74 Å². The molecule has 1 aliphatic rings. The lowest BCUT2D eigenvalue weighted by molar-refractivity contribution is 0.249. The Kier molecular flexibility index (Phi) is 5.17.